The van der Waals surface area contributed by atoms with Crippen molar-refractivity contribution in [3.63, 3.8) is 0 Å². The van der Waals surface area contributed by atoms with Crippen molar-refractivity contribution in [3.05, 3.63) is 58.6 Å². The summed E-state index contributed by atoms with van der Waals surface area (Å²) in [7, 11) is 0. The highest BCUT2D eigenvalue weighted by molar-refractivity contribution is 6.34. The monoisotopic (exact) mass is 289 g/mol. The Balaban J connectivity index is 2.58. The van der Waals surface area contributed by atoms with Gasteiger partial charge in [-0.3, -0.25) is 0 Å². The van der Waals surface area contributed by atoms with Crippen LogP contribution < -0.4 is 4.90 Å². The van der Waals surface area contributed by atoms with E-state index in [2.05, 4.69) is 0 Å². The lowest BCUT2D eigenvalue weighted by atomic mass is 10.1. The van der Waals surface area contributed by atoms with Gasteiger partial charge in [-0.2, -0.15) is 0 Å². The first kappa shape index (κ1) is 14.4. The van der Waals surface area contributed by atoms with Gasteiger partial charge in [-0.15, -0.1) is 0 Å². The second-order valence-electron chi connectivity index (χ2n) is 4.52. The minimum absolute atomic E-state index is 0.137. The molecule has 20 heavy (non-hydrogen) atoms. The van der Waals surface area contributed by atoms with Gasteiger partial charge in [-0.25, -0.2) is 4.79 Å². The molecule has 4 heteroatoms. The van der Waals surface area contributed by atoms with Crippen LogP contribution in [-0.2, 0) is 0 Å². The lowest BCUT2D eigenvalue weighted by Gasteiger charge is -2.25. The summed E-state index contributed by atoms with van der Waals surface area (Å²) in [4.78, 5) is 13.4. The van der Waals surface area contributed by atoms with Gasteiger partial charge in [-0.05, 0) is 43.7 Å². The summed E-state index contributed by atoms with van der Waals surface area (Å²) < 4.78 is 0. The van der Waals surface area contributed by atoms with Crippen molar-refractivity contribution in [2.75, 3.05) is 11.4 Å². The van der Waals surface area contributed by atoms with Crippen molar-refractivity contribution >= 4 is 28.9 Å². The zero-order valence-corrected chi connectivity index (χ0v) is 12.2. The molecule has 3 nitrogen and oxygen atoms in total. The van der Waals surface area contributed by atoms with Gasteiger partial charge in [0.15, 0.2) is 0 Å². The molecule has 0 radical (unpaired) electrons. The SMILES string of the molecule is CCN(c1cccc(C)c1)c1cccc(Cl)c1C(=O)O. The van der Waals surface area contributed by atoms with Gasteiger partial charge in [0.2, 0.25) is 0 Å². The number of benzene rings is 2. The highest BCUT2D eigenvalue weighted by Gasteiger charge is 2.19. The van der Waals surface area contributed by atoms with Crippen LogP contribution in [0.4, 0.5) is 11.4 Å². The summed E-state index contributed by atoms with van der Waals surface area (Å²) in [6, 6.07) is 13.1. The fourth-order valence-electron chi connectivity index (χ4n) is 2.24. The molecule has 2 aromatic carbocycles. The number of hydrogen-bond acceptors (Lipinski definition) is 2. The van der Waals surface area contributed by atoms with Crippen LogP contribution in [0, 0.1) is 6.92 Å². The number of rotatable bonds is 4. The van der Waals surface area contributed by atoms with Crippen molar-refractivity contribution in [2.45, 2.75) is 13.8 Å². The molecule has 0 aliphatic rings. The quantitative estimate of drug-likeness (QED) is 0.900. The Morgan fingerprint density at radius 1 is 1.25 bits per heavy atom. The summed E-state index contributed by atoms with van der Waals surface area (Å²) >= 11 is 6.04. The van der Waals surface area contributed by atoms with E-state index < -0.39 is 5.97 Å². The molecule has 0 aliphatic heterocycles. The maximum Gasteiger partial charge on any atom is 0.339 e. The van der Waals surface area contributed by atoms with Crippen LogP contribution in [0.1, 0.15) is 22.8 Å². The van der Waals surface area contributed by atoms with Crippen LogP contribution >= 0.6 is 11.6 Å². The van der Waals surface area contributed by atoms with E-state index in [9.17, 15) is 9.90 Å². The third-order valence-electron chi connectivity index (χ3n) is 3.13. The third kappa shape index (κ3) is 2.78. The van der Waals surface area contributed by atoms with E-state index >= 15 is 0 Å². The van der Waals surface area contributed by atoms with Crippen LogP contribution in [0.3, 0.4) is 0 Å². The fourth-order valence-corrected chi connectivity index (χ4v) is 2.49. The summed E-state index contributed by atoms with van der Waals surface area (Å²) in [5.41, 5.74) is 2.83. The van der Waals surface area contributed by atoms with Crippen LogP contribution in [0.5, 0.6) is 0 Å². The van der Waals surface area contributed by atoms with E-state index in [-0.39, 0.29) is 10.6 Å². The van der Waals surface area contributed by atoms with E-state index in [1.54, 1.807) is 18.2 Å². The van der Waals surface area contributed by atoms with Gasteiger partial charge in [0.25, 0.3) is 0 Å². The zero-order valence-electron chi connectivity index (χ0n) is 11.4. The van der Waals surface area contributed by atoms with Crippen molar-refractivity contribution in [1.29, 1.82) is 0 Å². The normalized spacial score (nSPS) is 10.3. The maximum absolute atomic E-state index is 11.5. The summed E-state index contributed by atoms with van der Waals surface area (Å²) in [6.07, 6.45) is 0. The third-order valence-corrected chi connectivity index (χ3v) is 3.44. The second-order valence-corrected chi connectivity index (χ2v) is 4.93. The number of halogens is 1. The zero-order chi connectivity index (χ0) is 14.7. The predicted octanol–water partition coefficient (Wildman–Crippen LogP) is 4.50. The minimum Gasteiger partial charge on any atom is -0.478 e. The van der Waals surface area contributed by atoms with E-state index in [0.717, 1.165) is 11.3 Å². The first-order valence-electron chi connectivity index (χ1n) is 6.40. The molecule has 0 atom stereocenters. The second kappa shape index (κ2) is 5.97. The molecule has 0 amide bonds. The Hall–Kier alpha value is -2.00. The highest BCUT2D eigenvalue weighted by Crippen LogP contribution is 2.32. The Morgan fingerprint density at radius 2 is 1.95 bits per heavy atom. The van der Waals surface area contributed by atoms with Crippen molar-refractivity contribution < 1.29 is 9.90 Å². The van der Waals surface area contributed by atoms with Gasteiger partial charge in [0.05, 0.1) is 10.7 Å². The van der Waals surface area contributed by atoms with E-state index in [1.807, 2.05) is 43.0 Å². The largest absolute Gasteiger partial charge is 0.478 e. The average molecular weight is 290 g/mol. The van der Waals surface area contributed by atoms with Gasteiger partial charge in [0.1, 0.15) is 5.56 Å². The number of carbonyl (C=O) groups is 1. The first-order chi connectivity index (χ1) is 9.54. The van der Waals surface area contributed by atoms with Crippen LogP contribution in [0.25, 0.3) is 0 Å². The molecule has 0 bridgehead atoms. The Kier molecular flexibility index (Phi) is 4.30. The molecule has 0 unspecified atom stereocenters. The first-order valence-corrected chi connectivity index (χ1v) is 6.78. The molecule has 0 spiro atoms. The maximum atomic E-state index is 11.5. The molecule has 2 aromatic rings. The molecule has 0 saturated heterocycles. The average Bonchev–Trinajstić information content (AvgIpc) is 2.39. The molecule has 0 fully saturated rings. The van der Waals surface area contributed by atoms with Crippen molar-refractivity contribution in [3.8, 4) is 0 Å². The lowest BCUT2D eigenvalue weighted by molar-refractivity contribution is 0.0698. The molecule has 0 saturated carbocycles. The van der Waals surface area contributed by atoms with E-state index in [0.29, 0.717) is 12.2 Å². The van der Waals surface area contributed by atoms with Crippen LogP contribution in [-0.4, -0.2) is 17.6 Å². The molecule has 2 rings (SSSR count). The van der Waals surface area contributed by atoms with Gasteiger partial charge in [-0.1, -0.05) is 29.8 Å². The fraction of sp³-hybridized carbons (Fsp3) is 0.188. The molecule has 104 valence electrons. The van der Waals surface area contributed by atoms with Crippen LogP contribution in [0.15, 0.2) is 42.5 Å². The highest BCUT2D eigenvalue weighted by atomic mass is 35.5. The number of aromatic carboxylic acids is 1. The molecule has 0 aliphatic carbocycles. The topological polar surface area (TPSA) is 40.5 Å². The van der Waals surface area contributed by atoms with Gasteiger partial charge >= 0.3 is 5.97 Å². The van der Waals surface area contributed by atoms with E-state index in [1.165, 1.54) is 0 Å². The molecular formula is C16H16ClNO2. The summed E-state index contributed by atoms with van der Waals surface area (Å²) in [5, 5.41) is 9.63. The minimum atomic E-state index is -1.02. The number of carboxylic acids is 1. The standard InChI is InChI=1S/C16H16ClNO2/c1-3-18(12-7-4-6-11(2)10-12)14-9-5-8-13(17)15(14)16(19)20/h4-10H,3H2,1-2H3,(H,19,20). The smallest absolute Gasteiger partial charge is 0.339 e. The summed E-state index contributed by atoms with van der Waals surface area (Å²) in [5.74, 6) is -1.02. The number of hydrogen-bond donors (Lipinski definition) is 1. The molecule has 0 aromatic heterocycles. The van der Waals surface area contributed by atoms with Gasteiger partial charge < -0.3 is 10.0 Å². The molecular weight excluding hydrogens is 274 g/mol. The number of nitrogens with zero attached hydrogens (tertiary/aromatic N) is 1. The Bertz CT molecular complexity index is 640. The number of anilines is 2. The molecule has 1 N–H and O–H groups in total. The summed E-state index contributed by atoms with van der Waals surface area (Å²) in [6.45, 7) is 4.65. The number of aryl methyl sites for hydroxylation is 1. The van der Waals surface area contributed by atoms with Crippen molar-refractivity contribution in [2.24, 2.45) is 0 Å². The Labute approximate surface area is 123 Å². The predicted molar refractivity (Wildman–Crippen MR) is 82.3 cm³/mol. The lowest BCUT2D eigenvalue weighted by Crippen LogP contribution is -2.19. The van der Waals surface area contributed by atoms with E-state index in [4.69, 9.17) is 11.6 Å². The number of carboxylic acid groups (broad SMARTS) is 1. The molecule has 0 heterocycles. The van der Waals surface area contributed by atoms with Crippen LogP contribution in [0.2, 0.25) is 5.02 Å². The van der Waals surface area contributed by atoms with Crippen molar-refractivity contribution in [1.82, 2.24) is 0 Å². The Morgan fingerprint density at radius 3 is 2.55 bits per heavy atom. The van der Waals surface area contributed by atoms with Gasteiger partial charge in [0, 0.05) is 12.2 Å².